The van der Waals surface area contributed by atoms with Gasteiger partial charge in [0.05, 0.1) is 0 Å². The molecule has 14 heavy (non-hydrogen) atoms. The molecule has 2 heterocycles. The van der Waals surface area contributed by atoms with Crippen molar-refractivity contribution >= 4 is 22.7 Å². The summed E-state index contributed by atoms with van der Waals surface area (Å²) in [6.07, 6.45) is 0. The van der Waals surface area contributed by atoms with Crippen molar-refractivity contribution in [2.24, 2.45) is 0 Å². The smallest absolute Gasteiger partial charge is 0.130 e. The average Bonchev–Trinajstić information content (AvgIpc) is 2.72. The van der Waals surface area contributed by atoms with E-state index >= 15 is 0 Å². The first-order chi connectivity index (χ1) is 6.62. The topological polar surface area (TPSA) is 20.2 Å². The van der Waals surface area contributed by atoms with Gasteiger partial charge in [0.2, 0.25) is 0 Å². The van der Waals surface area contributed by atoms with Gasteiger partial charge in [-0.1, -0.05) is 6.07 Å². The van der Waals surface area contributed by atoms with Crippen molar-refractivity contribution in [1.82, 2.24) is 0 Å². The van der Waals surface area contributed by atoms with Crippen molar-refractivity contribution in [2.75, 3.05) is 0 Å². The van der Waals surface area contributed by atoms with E-state index in [1.54, 1.807) is 22.7 Å². The van der Waals surface area contributed by atoms with Gasteiger partial charge in [0.25, 0.3) is 0 Å². The van der Waals surface area contributed by atoms with Gasteiger partial charge in [-0.25, -0.2) is 0 Å². The van der Waals surface area contributed by atoms with E-state index < -0.39 is 5.60 Å². The Morgan fingerprint density at radius 1 is 1.21 bits per heavy atom. The van der Waals surface area contributed by atoms with Gasteiger partial charge in [0, 0.05) is 9.75 Å². The summed E-state index contributed by atoms with van der Waals surface area (Å²) < 4.78 is 0. The highest BCUT2D eigenvalue weighted by Crippen LogP contribution is 2.36. The third-order valence-corrected chi connectivity index (χ3v) is 4.61. The molecule has 0 saturated carbocycles. The second kappa shape index (κ2) is 3.50. The van der Waals surface area contributed by atoms with E-state index in [0.29, 0.717) is 0 Å². The van der Waals surface area contributed by atoms with Crippen LogP contribution in [-0.4, -0.2) is 5.11 Å². The zero-order chi connectivity index (χ0) is 10.2. The second-order valence-electron chi connectivity index (χ2n) is 3.48. The Morgan fingerprint density at radius 3 is 2.50 bits per heavy atom. The van der Waals surface area contributed by atoms with E-state index in [-0.39, 0.29) is 0 Å². The molecule has 2 aromatic rings. The molecule has 0 spiro atoms. The monoisotopic (exact) mass is 224 g/mol. The van der Waals surface area contributed by atoms with Gasteiger partial charge < -0.3 is 5.11 Å². The molecule has 1 unspecified atom stereocenters. The lowest BCUT2D eigenvalue weighted by Crippen LogP contribution is -2.20. The van der Waals surface area contributed by atoms with Gasteiger partial charge in [-0.2, -0.15) is 0 Å². The summed E-state index contributed by atoms with van der Waals surface area (Å²) in [6.45, 7) is 3.89. The molecule has 0 amide bonds. The van der Waals surface area contributed by atoms with E-state index in [0.717, 1.165) is 15.3 Å². The van der Waals surface area contributed by atoms with Crippen LogP contribution in [0.15, 0.2) is 29.0 Å². The highest BCUT2D eigenvalue weighted by molar-refractivity contribution is 7.11. The Hall–Kier alpha value is -0.640. The van der Waals surface area contributed by atoms with E-state index in [2.05, 4.69) is 0 Å². The molecule has 0 radical (unpaired) electrons. The van der Waals surface area contributed by atoms with Gasteiger partial charge in [0.15, 0.2) is 0 Å². The maximum Gasteiger partial charge on any atom is 0.130 e. The predicted octanol–water partition coefficient (Wildman–Crippen LogP) is 3.37. The van der Waals surface area contributed by atoms with Gasteiger partial charge in [-0.05, 0) is 42.3 Å². The number of hydrogen-bond donors (Lipinski definition) is 1. The van der Waals surface area contributed by atoms with E-state index in [1.807, 2.05) is 42.8 Å². The number of thiophene rings is 2. The lowest BCUT2D eigenvalue weighted by Gasteiger charge is -2.21. The summed E-state index contributed by atoms with van der Waals surface area (Å²) in [5.74, 6) is 0. The zero-order valence-corrected chi connectivity index (χ0v) is 9.78. The molecular formula is C11H12OS2. The maximum atomic E-state index is 10.4. The highest BCUT2D eigenvalue weighted by Gasteiger charge is 2.29. The van der Waals surface area contributed by atoms with Crippen LogP contribution in [0.25, 0.3) is 0 Å². The third kappa shape index (κ3) is 1.52. The van der Waals surface area contributed by atoms with Crippen LogP contribution in [-0.2, 0) is 5.60 Å². The van der Waals surface area contributed by atoms with Crippen molar-refractivity contribution in [3.8, 4) is 0 Å². The molecule has 74 valence electrons. The molecule has 2 aromatic heterocycles. The molecule has 0 bridgehead atoms. The number of hydrogen-bond acceptors (Lipinski definition) is 3. The first-order valence-corrected chi connectivity index (χ1v) is 6.19. The molecule has 0 aliphatic carbocycles. The molecule has 2 rings (SSSR count). The van der Waals surface area contributed by atoms with Crippen molar-refractivity contribution in [3.05, 3.63) is 44.3 Å². The molecule has 0 aliphatic rings. The SMILES string of the molecule is Cc1ccsc1C(C)(O)c1cccs1. The van der Waals surface area contributed by atoms with E-state index in [4.69, 9.17) is 0 Å². The number of aryl methyl sites for hydroxylation is 1. The molecule has 1 atom stereocenters. The molecular weight excluding hydrogens is 212 g/mol. The third-order valence-electron chi connectivity index (χ3n) is 2.31. The van der Waals surface area contributed by atoms with Crippen LogP contribution in [0.2, 0.25) is 0 Å². The predicted molar refractivity (Wildman–Crippen MR) is 62.0 cm³/mol. The Balaban J connectivity index is 2.48. The van der Waals surface area contributed by atoms with Crippen molar-refractivity contribution in [3.63, 3.8) is 0 Å². The van der Waals surface area contributed by atoms with Crippen LogP contribution < -0.4 is 0 Å². The molecule has 1 nitrogen and oxygen atoms in total. The molecule has 0 fully saturated rings. The summed E-state index contributed by atoms with van der Waals surface area (Å²) in [5.41, 5.74) is 0.334. The fourth-order valence-corrected chi connectivity index (χ4v) is 3.40. The summed E-state index contributed by atoms with van der Waals surface area (Å²) in [5, 5.41) is 14.4. The van der Waals surface area contributed by atoms with Crippen molar-refractivity contribution in [1.29, 1.82) is 0 Å². The molecule has 1 N–H and O–H groups in total. The van der Waals surface area contributed by atoms with E-state index in [1.165, 1.54) is 0 Å². The maximum absolute atomic E-state index is 10.4. The van der Waals surface area contributed by atoms with Gasteiger partial charge >= 0.3 is 0 Å². The first-order valence-electron chi connectivity index (χ1n) is 4.43. The average molecular weight is 224 g/mol. The molecule has 3 heteroatoms. The van der Waals surface area contributed by atoms with Crippen LogP contribution in [0.4, 0.5) is 0 Å². The van der Waals surface area contributed by atoms with Gasteiger partial charge in [-0.3, -0.25) is 0 Å². The standard InChI is InChI=1S/C11H12OS2/c1-8-5-7-14-10(8)11(2,12)9-4-3-6-13-9/h3-7,12H,1-2H3. The van der Waals surface area contributed by atoms with Crippen LogP contribution in [0.5, 0.6) is 0 Å². The summed E-state index contributed by atoms with van der Waals surface area (Å²) in [4.78, 5) is 2.04. The van der Waals surface area contributed by atoms with Crippen molar-refractivity contribution < 1.29 is 5.11 Å². The second-order valence-corrected chi connectivity index (χ2v) is 5.35. The zero-order valence-electron chi connectivity index (χ0n) is 8.15. The fraction of sp³-hybridized carbons (Fsp3) is 0.273. The Morgan fingerprint density at radius 2 is 2.00 bits per heavy atom. The Labute approximate surface area is 91.7 Å². The molecule has 0 aliphatic heterocycles. The minimum atomic E-state index is -0.827. The summed E-state index contributed by atoms with van der Waals surface area (Å²) in [6, 6.07) is 5.99. The highest BCUT2D eigenvalue weighted by atomic mass is 32.1. The van der Waals surface area contributed by atoms with Crippen LogP contribution >= 0.6 is 22.7 Å². The quantitative estimate of drug-likeness (QED) is 0.829. The normalized spacial score (nSPS) is 15.4. The van der Waals surface area contributed by atoms with Crippen molar-refractivity contribution in [2.45, 2.75) is 19.4 Å². The molecule has 0 aromatic carbocycles. The van der Waals surface area contributed by atoms with Crippen LogP contribution in [0.3, 0.4) is 0 Å². The Kier molecular flexibility index (Phi) is 2.47. The van der Waals surface area contributed by atoms with Gasteiger partial charge in [-0.15, -0.1) is 22.7 Å². The lowest BCUT2D eigenvalue weighted by atomic mass is 10.00. The van der Waals surface area contributed by atoms with E-state index in [9.17, 15) is 5.11 Å². The minimum absolute atomic E-state index is 0.827. The molecule has 0 saturated heterocycles. The fourth-order valence-electron chi connectivity index (χ4n) is 1.54. The Bertz CT molecular complexity index is 412. The van der Waals surface area contributed by atoms with Crippen LogP contribution in [0.1, 0.15) is 22.2 Å². The summed E-state index contributed by atoms with van der Waals surface area (Å²) >= 11 is 3.20. The first kappa shape index (κ1) is 9.90. The van der Waals surface area contributed by atoms with Crippen LogP contribution in [0, 0.1) is 6.92 Å². The largest absolute Gasteiger partial charge is 0.379 e. The number of rotatable bonds is 2. The minimum Gasteiger partial charge on any atom is -0.379 e. The summed E-state index contributed by atoms with van der Waals surface area (Å²) in [7, 11) is 0. The number of aliphatic hydroxyl groups is 1. The van der Waals surface area contributed by atoms with Gasteiger partial charge in [0.1, 0.15) is 5.60 Å². The lowest BCUT2D eigenvalue weighted by molar-refractivity contribution is 0.110.